The molecule has 6 heterocycles. The predicted molar refractivity (Wildman–Crippen MR) is 275 cm³/mol. The molecule has 10 rings (SSSR count). The summed E-state index contributed by atoms with van der Waals surface area (Å²) < 4.78 is 47.5. The SMILES string of the molecule is Cc1ccc(N[C@H]2CNCC2(F)F)cc1C(=O)N[C@H](C)c1ccc(C#C[C@@H]2CCN(CC3CCN(C(=O)C4CCN(c5ccc6c(c5)n(C)c(=O)n6C5CCC(=O)NC5=O)CC4)CC3)C[C@@H]2F)c2ccccc12. The van der Waals surface area contributed by atoms with Crippen molar-refractivity contribution >= 4 is 56.8 Å². The second-order valence-electron chi connectivity index (χ2n) is 20.9. The molecule has 14 nitrogen and oxygen atoms in total. The lowest BCUT2D eigenvalue weighted by atomic mass is 9.90. The molecule has 4 amide bonds. The van der Waals surface area contributed by atoms with E-state index >= 15 is 4.39 Å². The Kier molecular flexibility index (Phi) is 14.2. The predicted octanol–water partition coefficient (Wildman–Crippen LogP) is 6.46. The van der Waals surface area contributed by atoms with Crippen molar-refractivity contribution in [1.82, 2.24) is 34.9 Å². The summed E-state index contributed by atoms with van der Waals surface area (Å²) in [7, 11) is 1.69. The third-order valence-electron chi connectivity index (χ3n) is 16.1. The van der Waals surface area contributed by atoms with Gasteiger partial charge in [0.1, 0.15) is 18.3 Å². The summed E-state index contributed by atoms with van der Waals surface area (Å²) in [6.45, 7) is 8.17. The molecular weight excluding hydrogens is 936 g/mol. The summed E-state index contributed by atoms with van der Waals surface area (Å²) in [5.74, 6) is 2.74. The quantitative estimate of drug-likeness (QED) is 0.0914. The average Bonchev–Trinajstić information content (AvgIpc) is 3.85. The third-order valence-corrected chi connectivity index (χ3v) is 16.1. The minimum atomic E-state index is -2.90. The van der Waals surface area contributed by atoms with Crippen LogP contribution in [0.2, 0.25) is 0 Å². The number of rotatable bonds is 10. The topological polar surface area (TPSA) is 153 Å². The van der Waals surface area contributed by atoms with Gasteiger partial charge in [0.25, 0.3) is 11.8 Å². The van der Waals surface area contributed by atoms with Crippen molar-refractivity contribution in [2.24, 2.45) is 24.8 Å². The lowest BCUT2D eigenvalue weighted by Gasteiger charge is -2.40. The van der Waals surface area contributed by atoms with Gasteiger partial charge in [0, 0.05) is 87.7 Å². The van der Waals surface area contributed by atoms with Gasteiger partial charge in [0.15, 0.2) is 0 Å². The van der Waals surface area contributed by atoms with E-state index in [9.17, 15) is 32.8 Å². The second-order valence-corrected chi connectivity index (χ2v) is 20.9. The van der Waals surface area contributed by atoms with Gasteiger partial charge in [0.05, 0.1) is 29.5 Å². The van der Waals surface area contributed by atoms with E-state index in [0.29, 0.717) is 67.3 Å². The Balaban J connectivity index is 0.689. The van der Waals surface area contributed by atoms with Gasteiger partial charge >= 0.3 is 5.69 Å². The molecule has 0 aliphatic carbocycles. The first-order valence-electron chi connectivity index (χ1n) is 25.9. The number of carbonyl (C=O) groups excluding carboxylic acids is 4. The molecule has 1 aromatic heterocycles. The van der Waals surface area contributed by atoms with E-state index in [-0.39, 0.29) is 61.3 Å². The smallest absolute Gasteiger partial charge is 0.329 e. The highest BCUT2D eigenvalue weighted by molar-refractivity contribution is 6.00. The van der Waals surface area contributed by atoms with Crippen LogP contribution in [0.5, 0.6) is 0 Å². The molecule has 0 radical (unpaired) electrons. The van der Waals surface area contributed by atoms with Crippen LogP contribution in [0.1, 0.15) is 91.0 Å². The fourth-order valence-corrected chi connectivity index (χ4v) is 11.7. The molecule has 73 heavy (non-hydrogen) atoms. The highest BCUT2D eigenvalue weighted by Gasteiger charge is 2.44. The number of imidazole rings is 1. The zero-order valence-electron chi connectivity index (χ0n) is 41.7. The van der Waals surface area contributed by atoms with Crippen molar-refractivity contribution in [3.63, 3.8) is 0 Å². The van der Waals surface area contributed by atoms with E-state index in [4.69, 9.17) is 0 Å². The zero-order valence-corrected chi connectivity index (χ0v) is 41.7. The highest BCUT2D eigenvalue weighted by Crippen LogP contribution is 2.33. The van der Waals surface area contributed by atoms with Gasteiger partial charge in [-0.05, 0) is 123 Å². The third kappa shape index (κ3) is 10.3. The number of nitrogens with zero attached hydrogens (tertiary/aromatic N) is 5. The van der Waals surface area contributed by atoms with E-state index in [1.54, 1.807) is 29.8 Å². The number of anilines is 2. The number of hydrogen-bond donors (Lipinski definition) is 4. The van der Waals surface area contributed by atoms with Gasteiger partial charge in [-0.15, -0.1) is 0 Å². The molecule has 0 bridgehead atoms. The summed E-state index contributed by atoms with van der Waals surface area (Å²) in [6, 6.07) is 20.5. The maximum Gasteiger partial charge on any atom is 0.329 e. The maximum absolute atomic E-state index is 15.9. The Morgan fingerprint density at radius 1 is 0.877 bits per heavy atom. The van der Waals surface area contributed by atoms with Gasteiger partial charge in [-0.3, -0.25) is 33.6 Å². The molecule has 5 aliphatic heterocycles. The number of benzene rings is 4. The van der Waals surface area contributed by atoms with Gasteiger partial charge in [-0.2, -0.15) is 0 Å². The number of aromatic nitrogens is 2. The first-order valence-corrected chi connectivity index (χ1v) is 25.9. The summed E-state index contributed by atoms with van der Waals surface area (Å²) in [5, 5.41) is 12.9. The molecule has 5 aromatic rings. The van der Waals surface area contributed by atoms with Crippen LogP contribution in [0.3, 0.4) is 0 Å². The molecule has 17 heteroatoms. The Morgan fingerprint density at radius 2 is 1.64 bits per heavy atom. The fourth-order valence-electron chi connectivity index (χ4n) is 11.7. The maximum atomic E-state index is 15.9. The van der Waals surface area contributed by atoms with Crippen LogP contribution in [0.4, 0.5) is 24.5 Å². The standard InChI is InChI=1S/C56H64F3N9O5/c1-34-8-12-40(62-50-30-60-33-56(50,58)59)28-45(34)52(70)61-35(2)42-14-11-37(43-6-4-5-7-44(42)43)9-10-38-20-23-65(32-46(38)57)31-36-18-24-67(25-19-36)54(72)39-21-26-66(27-22-39)41-13-15-47-49(29-41)64(3)55(73)68(47)48-16-17-51(69)63-53(48)71/h4-8,11-15,28-29,35-36,38-39,46,48,50,60,62H,16-27,30-33H2,1-3H3,(H,61,70)(H,63,69,71)/t35-,38-,46+,48?,50+/m1/s1. The van der Waals surface area contributed by atoms with Crippen molar-refractivity contribution < 1.29 is 32.3 Å². The highest BCUT2D eigenvalue weighted by atomic mass is 19.3. The molecule has 5 fully saturated rings. The van der Waals surface area contributed by atoms with Crippen molar-refractivity contribution in [2.75, 3.05) is 69.1 Å². The van der Waals surface area contributed by atoms with Crippen molar-refractivity contribution in [3.05, 3.63) is 106 Å². The number of aryl methyl sites for hydroxylation is 2. The van der Waals surface area contributed by atoms with E-state index < -0.39 is 36.0 Å². The largest absolute Gasteiger partial charge is 0.375 e. The summed E-state index contributed by atoms with van der Waals surface area (Å²) in [6.07, 6.45) is 3.23. The molecule has 4 aromatic carbocycles. The number of alkyl halides is 3. The number of carbonyl (C=O) groups is 4. The van der Waals surface area contributed by atoms with Crippen LogP contribution < -0.4 is 31.9 Å². The Morgan fingerprint density at radius 3 is 2.37 bits per heavy atom. The van der Waals surface area contributed by atoms with Crippen LogP contribution in [0.15, 0.2) is 77.6 Å². The molecule has 1 unspecified atom stereocenters. The summed E-state index contributed by atoms with van der Waals surface area (Å²) in [4.78, 5) is 71.6. The van der Waals surface area contributed by atoms with Crippen molar-refractivity contribution in [3.8, 4) is 11.8 Å². The van der Waals surface area contributed by atoms with Gasteiger partial charge in [-0.1, -0.05) is 48.2 Å². The first-order chi connectivity index (χ1) is 35.1. The summed E-state index contributed by atoms with van der Waals surface area (Å²) in [5.41, 5.74) is 5.29. The Bertz CT molecular complexity index is 3070. The van der Waals surface area contributed by atoms with Gasteiger partial charge < -0.3 is 30.7 Å². The van der Waals surface area contributed by atoms with Crippen LogP contribution in [-0.2, 0) is 21.4 Å². The number of piperidine rings is 4. The monoisotopic (exact) mass is 999 g/mol. The molecule has 5 atom stereocenters. The Labute approximate surface area is 423 Å². The molecular formula is C56H64F3N9O5. The molecule has 5 saturated heterocycles. The van der Waals surface area contributed by atoms with Crippen LogP contribution >= 0.6 is 0 Å². The number of halogens is 3. The van der Waals surface area contributed by atoms with Crippen LogP contribution in [-0.4, -0.2) is 120 Å². The van der Waals surface area contributed by atoms with Crippen LogP contribution in [0, 0.1) is 36.5 Å². The molecule has 4 N–H and O–H groups in total. The molecule has 0 spiro atoms. The Hall–Kier alpha value is -6.64. The van der Waals surface area contributed by atoms with E-state index in [1.807, 2.05) is 73.3 Å². The average molecular weight is 1000 g/mol. The summed E-state index contributed by atoms with van der Waals surface area (Å²) >= 11 is 0. The lowest BCUT2D eigenvalue weighted by molar-refractivity contribution is -0.138. The van der Waals surface area contributed by atoms with Crippen LogP contribution in [0.25, 0.3) is 21.8 Å². The zero-order chi connectivity index (χ0) is 51.1. The lowest BCUT2D eigenvalue weighted by Crippen LogP contribution is -2.48. The number of likely N-dealkylation sites (tertiary alicyclic amines) is 2. The van der Waals surface area contributed by atoms with E-state index in [2.05, 4.69) is 42.9 Å². The number of fused-ring (bicyclic) bond motifs is 2. The fraction of sp³-hybridized carbons (Fsp3) is 0.482. The number of imide groups is 1. The molecule has 5 aliphatic rings. The number of amides is 4. The minimum absolute atomic E-state index is 0.0555. The minimum Gasteiger partial charge on any atom is -0.375 e. The normalized spacial score (nSPS) is 23.5. The number of nitrogens with one attached hydrogen (secondary N) is 4. The molecule has 0 saturated carbocycles. The molecule has 384 valence electrons. The van der Waals surface area contributed by atoms with E-state index in [0.717, 1.165) is 71.9 Å². The van der Waals surface area contributed by atoms with Crippen molar-refractivity contribution in [1.29, 1.82) is 0 Å². The van der Waals surface area contributed by atoms with E-state index in [1.165, 1.54) is 4.57 Å². The van der Waals surface area contributed by atoms with Gasteiger partial charge in [-0.25, -0.2) is 18.0 Å². The first kappa shape index (κ1) is 49.9. The number of hydrogen-bond acceptors (Lipinski definition) is 9. The second kappa shape index (κ2) is 20.7. The van der Waals surface area contributed by atoms with Crippen molar-refractivity contribution in [2.45, 2.75) is 89.0 Å². The van der Waals surface area contributed by atoms with Gasteiger partial charge in [0.2, 0.25) is 17.7 Å².